The second-order valence-electron chi connectivity index (χ2n) is 5.51. The largest absolute Gasteiger partial charge is 0.497 e. The van der Waals surface area contributed by atoms with Crippen LogP contribution in [0, 0.1) is 6.92 Å². The van der Waals surface area contributed by atoms with E-state index < -0.39 is 0 Å². The summed E-state index contributed by atoms with van der Waals surface area (Å²) < 4.78 is 5.22. The van der Waals surface area contributed by atoms with E-state index in [0.29, 0.717) is 13.0 Å². The first-order chi connectivity index (χ1) is 11.6. The number of aromatic nitrogens is 1. The lowest BCUT2D eigenvalue weighted by molar-refractivity contribution is -0.122. The van der Waals surface area contributed by atoms with Gasteiger partial charge in [0.15, 0.2) is 0 Å². The third-order valence-corrected chi connectivity index (χ3v) is 4.79. The number of aryl methyl sites for hydroxylation is 2. The van der Waals surface area contributed by atoms with Crippen LogP contribution in [0.4, 0.5) is 5.69 Å². The highest BCUT2D eigenvalue weighted by Crippen LogP contribution is 2.20. The first-order valence-electron chi connectivity index (χ1n) is 8.20. The Balaban J connectivity index is 1.98. The number of methoxy groups -OCH3 is 1. The Hall–Kier alpha value is -2.08. The zero-order valence-corrected chi connectivity index (χ0v) is 15.5. The molecule has 0 saturated heterocycles. The lowest BCUT2D eigenvalue weighted by Crippen LogP contribution is -2.38. The third-order valence-electron chi connectivity index (χ3n) is 3.78. The number of hydrogen-bond donors (Lipinski definition) is 2. The Kier molecular flexibility index (Phi) is 6.61. The van der Waals surface area contributed by atoms with E-state index in [4.69, 9.17) is 4.74 Å². The highest BCUT2D eigenvalue weighted by Gasteiger charge is 2.17. The van der Waals surface area contributed by atoms with Crippen molar-refractivity contribution in [3.8, 4) is 5.75 Å². The molecule has 0 bridgehead atoms. The summed E-state index contributed by atoms with van der Waals surface area (Å²) in [7, 11) is 1.63. The topological polar surface area (TPSA) is 63.2 Å². The van der Waals surface area contributed by atoms with Crippen molar-refractivity contribution in [1.29, 1.82) is 0 Å². The number of anilines is 1. The van der Waals surface area contributed by atoms with Gasteiger partial charge in [0.1, 0.15) is 11.8 Å². The van der Waals surface area contributed by atoms with Gasteiger partial charge in [0.05, 0.1) is 24.4 Å². The lowest BCUT2D eigenvalue weighted by atomic mass is 10.2. The molecule has 0 spiro atoms. The molecule has 0 aliphatic heterocycles. The molecule has 2 rings (SSSR count). The van der Waals surface area contributed by atoms with Crippen LogP contribution in [0.1, 0.15) is 35.8 Å². The van der Waals surface area contributed by atoms with E-state index in [0.717, 1.165) is 33.4 Å². The number of benzene rings is 1. The summed E-state index contributed by atoms with van der Waals surface area (Å²) in [6.07, 6.45) is 1.58. The molecule has 0 saturated carbocycles. The highest BCUT2D eigenvalue weighted by atomic mass is 32.1. The number of carbonyl (C=O) groups excluding carboxylic acids is 1. The van der Waals surface area contributed by atoms with Crippen molar-refractivity contribution in [3.63, 3.8) is 0 Å². The van der Waals surface area contributed by atoms with Crippen LogP contribution >= 0.6 is 11.3 Å². The molecule has 0 fully saturated rings. The summed E-state index contributed by atoms with van der Waals surface area (Å²) >= 11 is 1.65. The number of rotatable bonds is 8. The van der Waals surface area contributed by atoms with Crippen LogP contribution in [0.5, 0.6) is 5.75 Å². The van der Waals surface area contributed by atoms with Gasteiger partial charge in [-0.2, -0.15) is 0 Å². The van der Waals surface area contributed by atoms with Crippen LogP contribution in [0.25, 0.3) is 0 Å². The molecule has 1 unspecified atom stereocenters. The molecule has 2 N–H and O–H groups in total. The molecular formula is C18H25N3O2S. The Bertz CT molecular complexity index is 685. The molecule has 130 valence electrons. The van der Waals surface area contributed by atoms with Crippen LogP contribution in [0.15, 0.2) is 24.3 Å². The van der Waals surface area contributed by atoms with E-state index >= 15 is 0 Å². The summed E-state index contributed by atoms with van der Waals surface area (Å²) in [5.74, 6) is 0.761. The van der Waals surface area contributed by atoms with E-state index in [1.807, 2.05) is 38.1 Å². The number of nitrogens with one attached hydrogen (secondary N) is 2. The first kappa shape index (κ1) is 18.3. The molecule has 1 aromatic carbocycles. The average Bonchev–Trinajstić information content (AvgIpc) is 2.97. The van der Waals surface area contributed by atoms with Crippen LogP contribution in [-0.2, 0) is 17.8 Å². The van der Waals surface area contributed by atoms with Crippen molar-refractivity contribution in [3.05, 3.63) is 39.8 Å². The molecule has 0 aliphatic carbocycles. The van der Waals surface area contributed by atoms with Gasteiger partial charge >= 0.3 is 0 Å². The lowest BCUT2D eigenvalue weighted by Gasteiger charge is -2.18. The summed E-state index contributed by atoms with van der Waals surface area (Å²) in [6, 6.07) is 7.32. The quantitative estimate of drug-likeness (QED) is 0.767. The number of hydrogen-bond acceptors (Lipinski definition) is 5. The van der Waals surface area contributed by atoms with E-state index in [-0.39, 0.29) is 11.9 Å². The predicted molar refractivity (Wildman–Crippen MR) is 98.8 cm³/mol. The zero-order chi connectivity index (χ0) is 17.5. The summed E-state index contributed by atoms with van der Waals surface area (Å²) in [6.45, 7) is 6.60. The smallest absolute Gasteiger partial charge is 0.242 e. The molecule has 1 aromatic heterocycles. The number of ether oxygens (including phenoxy) is 1. The summed E-state index contributed by atoms with van der Waals surface area (Å²) in [4.78, 5) is 18.1. The van der Waals surface area contributed by atoms with Gasteiger partial charge in [0.25, 0.3) is 0 Å². The van der Waals surface area contributed by atoms with Gasteiger partial charge in [0.2, 0.25) is 5.91 Å². The van der Waals surface area contributed by atoms with Crippen molar-refractivity contribution in [1.82, 2.24) is 10.3 Å². The fraction of sp³-hybridized carbons (Fsp3) is 0.444. The van der Waals surface area contributed by atoms with E-state index in [1.54, 1.807) is 18.4 Å². The number of nitrogens with zero attached hydrogens (tertiary/aromatic N) is 1. The fourth-order valence-corrected chi connectivity index (χ4v) is 3.45. The van der Waals surface area contributed by atoms with Crippen LogP contribution in [0.3, 0.4) is 0 Å². The molecule has 1 atom stereocenters. The third kappa shape index (κ3) is 4.71. The predicted octanol–water partition coefficient (Wildman–Crippen LogP) is 3.53. The first-order valence-corrected chi connectivity index (χ1v) is 9.02. The molecule has 1 heterocycles. The molecule has 24 heavy (non-hydrogen) atoms. The Morgan fingerprint density at radius 1 is 1.38 bits per heavy atom. The van der Waals surface area contributed by atoms with Crippen molar-refractivity contribution >= 4 is 22.9 Å². The number of amides is 1. The molecular weight excluding hydrogens is 322 g/mol. The fourth-order valence-electron chi connectivity index (χ4n) is 2.48. The van der Waals surface area contributed by atoms with Gasteiger partial charge in [-0.05, 0) is 31.9 Å². The highest BCUT2D eigenvalue weighted by molar-refractivity contribution is 7.11. The minimum absolute atomic E-state index is 0.00609. The standard InChI is InChI=1S/C18H25N3O2S/c1-5-15-17(24-12(3)20-15)11-19-18(22)16(6-2)21-13-8-7-9-14(10-13)23-4/h7-10,16,21H,5-6,11H2,1-4H3,(H,19,22). The summed E-state index contributed by atoms with van der Waals surface area (Å²) in [5, 5.41) is 7.33. The maximum Gasteiger partial charge on any atom is 0.242 e. The SMILES string of the molecule is CCc1nc(C)sc1CNC(=O)C(CC)Nc1cccc(OC)c1. The van der Waals surface area contributed by atoms with E-state index in [2.05, 4.69) is 22.5 Å². The summed E-state index contributed by atoms with van der Waals surface area (Å²) in [5.41, 5.74) is 1.95. The maximum absolute atomic E-state index is 12.5. The molecule has 0 radical (unpaired) electrons. The Morgan fingerprint density at radius 2 is 2.17 bits per heavy atom. The van der Waals surface area contributed by atoms with Crippen molar-refractivity contribution in [2.24, 2.45) is 0 Å². The average molecular weight is 347 g/mol. The van der Waals surface area contributed by atoms with Gasteiger partial charge in [-0.1, -0.05) is 19.9 Å². The zero-order valence-electron chi connectivity index (χ0n) is 14.7. The van der Waals surface area contributed by atoms with Gasteiger partial charge in [-0.15, -0.1) is 11.3 Å². The Labute approximate surface area is 147 Å². The van der Waals surface area contributed by atoms with Gasteiger partial charge in [0, 0.05) is 16.6 Å². The van der Waals surface area contributed by atoms with Crippen LogP contribution in [0.2, 0.25) is 0 Å². The molecule has 2 aromatic rings. The minimum atomic E-state index is -0.281. The van der Waals surface area contributed by atoms with Crippen LogP contribution in [-0.4, -0.2) is 24.0 Å². The Morgan fingerprint density at radius 3 is 2.83 bits per heavy atom. The number of carbonyl (C=O) groups is 1. The molecule has 1 amide bonds. The van der Waals surface area contributed by atoms with E-state index in [1.165, 1.54) is 0 Å². The van der Waals surface area contributed by atoms with Crippen LogP contribution < -0.4 is 15.4 Å². The molecule has 5 nitrogen and oxygen atoms in total. The van der Waals surface area contributed by atoms with Crippen molar-refractivity contribution in [2.45, 2.75) is 46.2 Å². The van der Waals surface area contributed by atoms with Gasteiger partial charge < -0.3 is 15.4 Å². The normalized spacial score (nSPS) is 11.8. The van der Waals surface area contributed by atoms with Gasteiger partial charge in [-0.25, -0.2) is 4.98 Å². The second kappa shape index (κ2) is 8.68. The maximum atomic E-state index is 12.5. The van der Waals surface area contributed by atoms with Crippen molar-refractivity contribution < 1.29 is 9.53 Å². The molecule has 6 heteroatoms. The molecule has 0 aliphatic rings. The minimum Gasteiger partial charge on any atom is -0.497 e. The number of thiazole rings is 1. The van der Waals surface area contributed by atoms with E-state index in [9.17, 15) is 4.79 Å². The monoisotopic (exact) mass is 347 g/mol. The second-order valence-corrected chi connectivity index (χ2v) is 6.80. The van der Waals surface area contributed by atoms with Gasteiger partial charge in [-0.3, -0.25) is 4.79 Å². The van der Waals surface area contributed by atoms with Crippen molar-refractivity contribution in [2.75, 3.05) is 12.4 Å².